The van der Waals surface area contributed by atoms with E-state index in [0.717, 1.165) is 22.3 Å². The van der Waals surface area contributed by atoms with E-state index in [1.807, 2.05) is 48.5 Å². The zero-order valence-electron chi connectivity index (χ0n) is 14.5. The number of rotatable bonds is 1. The predicted molar refractivity (Wildman–Crippen MR) is 101 cm³/mol. The van der Waals surface area contributed by atoms with Crippen molar-refractivity contribution >= 4 is 12.2 Å². The highest BCUT2D eigenvalue weighted by atomic mass is 16.4. The Morgan fingerprint density at radius 3 is 2.18 bits per heavy atom. The third kappa shape index (κ3) is 1.69. The SMILES string of the molecule is N#CC1=C(C#N)C2(c3ccccc3-c3ccccc32)C2C=C(C(=O)O)C=NN12. The Morgan fingerprint density at radius 2 is 1.64 bits per heavy atom. The van der Waals surface area contributed by atoms with E-state index in [1.165, 1.54) is 11.2 Å². The first-order valence-corrected chi connectivity index (χ1v) is 8.67. The van der Waals surface area contributed by atoms with Crippen molar-refractivity contribution in [1.82, 2.24) is 5.01 Å². The van der Waals surface area contributed by atoms with Crippen LogP contribution in [0, 0.1) is 22.7 Å². The molecule has 1 unspecified atom stereocenters. The van der Waals surface area contributed by atoms with Gasteiger partial charge in [-0.1, -0.05) is 48.5 Å². The molecule has 0 aromatic heterocycles. The van der Waals surface area contributed by atoms with Gasteiger partial charge in [-0.25, -0.2) is 9.80 Å². The van der Waals surface area contributed by atoms with Crippen molar-refractivity contribution < 1.29 is 9.90 Å². The van der Waals surface area contributed by atoms with Crippen LogP contribution in [-0.2, 0) is 10.2 Å². The van der Waals surface area contributed by atoms with Gasteiger partial charge in [-0.05, 0) is 28.3 Å². The van der Waals surface area contributed by atoms with Gasteiger partial charge in [0.1, 0.15) is 6.07 Å². The fraction of sp³-hybridized carbons (Fsp3) is 0.0909. The summed E-state index contributed by atoms with van der Waals surface area (Å²) in [6.07, 6.45) is 2.81. The Labute approximate surface area is 160 Å². The molecule has 0 saturated carbocycles. The number of benzene rings is 2. The van der Waals surface area contributed by atoms with Gasteiger partial charge >= 0.3 is 5.97 Å². The highest BCUT2D eigenvalue weighted by Gasteiger charge is 2.59. The van der Waals surface area contributed by atoms with Gasteiger partial charge in [-0.2, -0.15) is 15.6 Å². The number of nitriles is 2. The average Bonchev–Trinajstić information content (AvgIpc) is 3.19. The largest absolute Gasteiger partial charge is 0.478 e. The van der Waals surface area contributed by atoms with Gasteiger partial charge in [0, 0.05) is 0 Å². The monoisotopic (exact) mass is 364 g/mol. The molecular formula is C22H12N4O2. The molecule has 1 spiro atoms. The fourth-order valence-corrected chi connectivity index (χ4v) is 4.67. The van der Waals surface area contributed by atoms with E-state index >= 15 is 0 Å². The lowest BCUT2D eigenvalue weighted by Gasteiger charge is -2.36. The number of nitrogens with zero attached hydrogens (tertiary/aromatic N) is 4. The normalized spacial score (nSPS) is 20.1. The van der Waals surface area contributed by atoms with Crippen LogP contribution in [-0.4, -0.2) is 28.3 Å². The number of carboxylic acid groups (broad SMARTS) is 1. The average molecular weight is 364 g/mol. The number of carboxylic acids is 1. The highest BCUT2D eigenvalue weighted by molar-refractivity contribution is 6.09. The number of fused-ring (bicyclic) bond motifs is 7. The lowest BCUT2D eigenvalue weighted by Crippen LogP contribution is -2.43. The molecule has 1 N–H and O–H groups in total. The molecule has 3 aliphatic rings. The maximum Gasteiger partial charge on any atom is 0.337 e. The van der Waals surface area contributed by atoms with E-state index in [4.69, 9.17) is 0 Å². The first-order chi connectivity index (χ1) is 13.6. The molecule has 132 valence electrons. The summed E-state index contributed by atoms with van der Waals surface area (Å²) in [7, 11) is 0. The summed E-state index contributed by atoms with van der Waals surface area (Å²) in [6.45, 7) is 0. The molecule has 1 aliphatic carbocycles. The third-order valence-corrected chi connectivity index (χ3v) is 5.68. The zero-order chi connectivity index (χ0) is 19.5. The summed E-state index contributed by atoms with van der Waals surface area (Å²) >= 11 is 0. The number of aliphatic carboxylic acids is 1. The van der Waals surface area contributed by atoms with Crippen LogP contribution in [0.15, 0.2) is 76.6 Å². The second-order valence-corrected chi connectivity index (χ2v) is 6.81. The van der Waals surface area contributed by atoms with Crippen molar-refractivity contribution in [1.29, 1.82) is 10.5 Å². The summed E-state index contributed by atoms with van der Waals surface area (Å²) in [5, 5.41) is 35.1. The molecular weight excluding hydrogens is 352 g/mol. The molecule has 0 bridgehead atoms. The van der Waals surface area contributed by atoms with Gasteiger partial charge < -0.3 is 5.11 Å². The first kappa shape index (κ1) is 16.0. The van der Waals surface area contributed by atoms with Crippen LogP contribution in [0.3, 0.4) is 0 Å². The Morgan fingerprint density at radius 1 is 1.04 bits per heavy atom. The molecule has 0 radical (unpaired) electrons. The Balaban J connectivity index is 1.94. The van der Waals surface area contributed by atoms with Crippen LogP contribution in [0.5, 0.6) is 0 Å². The van der Waals surface area contributed by atoms with Gasteiger partial charge in [0.05, 0.1) is 34.9 Å². The first-order valence-electron chi connectivity index (χ1n) is 8.67. The molecule has 2 aliphatic heterocycles. The van der Waals surface area contributed by atoms with E-state index < -0.39 is 17.4 Å². The quantitative estimate of drug-likeness (QED) is 0.838. The van der Waals surface area contributed by atoms with Crippen LogP contribution in [0.2, 0.25) is 0 Å². The Kier molecular flexibility index (Phi) is 3.11. The minimum Gasteiger partial charge on any atom is -0.478 e. The molecule has 28 heavy (non-hydrogen) atoms. The van der Waals surface area contributed by atoms with Gasteiger partial charge in [-0.3, -0.25) is 0 Å². The van der Waals surface area contributed by atoms with Crippen LogP contribution >= 0.6 is 0 Å². The second kappa shape index (κ2) is 5.42. The van der Waals surface area contributed by atoms with Gasteiger partial charge in [0.25, 0.3) is 0 Å². The van der Waals surface area contributed by atoms with E-state index in [9.17, 15) is 20.4 Å². The van der Waals surface area contributed by atoms with Crippen molar-refractivity contribution in [2.75, 3.05) is 0 Å². The van der Waals surface area contributed by atoms with Crippen molar-refractivity contribution in [3.63, 3.8) is 0 Å². The van der Waals surface area contributed by atoms with E-state index in [0.29, 0.717) is 0 Å². The molecule has 2 heterocycles. The van der Waals surface area contributed by atoms with Crippen LogP contribution in [0.1, 0.15) is 11.1 Å². The van der Waals surface area contributed by atoms with Crippen molar-refractivity contribution in [2.24, 2.45) is 5.10 Å². The minimum atomic E-state index is -1.10. The minimum absolute atomic E-state index is 0.0407. The summed E-state index contributed by atoms with van der Waals surface area (Å²) in [6, 6.07) is 19.2. The predicted octanol–water partition coefficient (Wildman–Crippen LogP) is 2.95. The van der Waals surface area contributed by atoms with E-state index in [1.54, 1.807) is 6.08 Å². The lowest BCUT2D eigenvalue weighted by atomic mass is 9.68. The van der Waals surface area contributed by atoms with E-state index in [2.05, 4.69) is 17.2 Å². The third-order valence-electron chi connectivity index (χ3n) is 5.68. The number of hydrazone groups is 1. The molecule has 6 heteroatoms. The van der Waals surface area contributed by atoms with Gasteiger partial charge in [-0.15, -0.1) is 0 Å². The molecule has 0 saturated heterocycles. The van der Waals surface area contributed by atoms with E-state index in [-0.39, 0.29) is 16.8 Å². The molecule has 1 atom stereocenters. The summed E-state index contributed by atoms with van der Waals surface area (Å²) in [4.78, 5) is 11.6. The molecule has 2 aromatic carbocycles. The fourth-order valence-electron chi connectivity index (χ4n) is 4.67. The topological polar surface area (TPSA) is 100 Å². The standard InChI is InChI=1S/C22H12N4O2/c23-10-18-19(11-24)26-20(9-13(12-25-26)21(27)28)22(18)16-7-3-1-5-14(16)15-6-2-4-8-17(15)22/h1-9,12,20H,(H,27,28). The Hall–Kier alpha value is -4.16. The number of hydrogen-bond acceptors (Lipinski definition) is 5. The number of allylic oxidation sites excluding steroid dienone is 1. The smallest absolute Gasteiger partial charge is 0.337 e. The van der Waals surface area contributed by atoms with Crippen LogP contribution in [0.25, 0.3) is 11.1 Å². The molecule has 6 nitrogen and oxygen atoms in total. The number of carbonyl (C=O) groups is 1. The van der Waals surface area contributed by atoms with Crippen LogP contribution in [0.4, 0.5) is 0 Å². The lowest BCUT2D eigenvalue weighted by molar-refractivity contribution is -0.132. The molecule has 0 fully saturated rings. The van der Waals surface area contributed by atoms with Crippen molar-refractivity contribution in [3.8, 4) is 23.3 Å². The van der Waals surface area contributed by atoms with Crippen LogP contribution < -0.4 is 0 Å². The maximum atomic E-state index is 11.6. The van der Waals surface area contributed by atoms with Crippen molar-refractivity contribution in [3.05, 3.63) is 82.6 Å². The maximum absolute atomic E-state index is 11.6. The Bertz CT molecular complexity index is 1190. The highest BCUT2D eigenvalue weighted by Crippen LogP contribution is 2.60. The van der Waals surface area contributed by atoms with Crippen molar-refractivity contribution in [2.45, 2.75) is 11.5 Å². The molecule has 2 aromatic rings. The van der Waals surface area contributed by atoms with Gasteiger partial charge in [0.15, 0.2) is 5.70 Å². The summed E-state index contributed by atoms with van der Waals surface area (Å²) in [5.74, 6) is -1.10. The van der Waals surface area contributed by atoms with Gasteiger partial charge in [0.2, 0.25) is 0 Å². The summed E-state index contributed by atoms with van der Waals surface area (Å²) in [5.41, 5.74) is 3.21. The zero-order valence-corrected chi connectivity index (χ0v) is 14.5. The second-order valence-electron chi connectivity index (χ2n) is 6.81. The summed E-state index contributed by atoms with van der Waals surface area (Å²) < 4.78 is 0. The number of hydrogen-bond donors (Lipinski definition) is 1. The molecule has 5 rings (SSSR count). The molecule has 0 amide bonds.